The van der Waals surface area contributed by atoms with Gasteiger partial charge in [0, 0.05) is 37.7 Å². The van der Waals surface area contributed by atoms with Crippen LogP contribution >= 0.6 is 0 Å². The molecule has 1 N–H and O–H groups in total. The fraction of sp³-hybridized carbons (Fsp3) is 0.600. The van der Waals surface area contributed by atoms with E-state index in [9.17, 15) is 18.0 Å². The average Bonchev–Trinajstić information content (AvgIpc) is 2.65. The van der Waals surface area contributed by atoms with Crippen LogP contribution in [-0.2, 0) is 19.4 Å². The molecule has 1 aliphatic rings. The van der Waals surface area contributed by atoms with E-state index in [0.717, 1.165) is 19.1 Å². The zero-order valence-electron chi connectivity index (χ0n) is 16.8. The van der Waals surface area contributed by atoms with Crippen LogP contribution in [0.15, 0.2) is 29.2 Å². The molecule has 1 aromatic rings. The van der Waals surface area contributed by atoms with Crippen molar-refractivity contribution in [3.8, 4) is 5.75 Å². The molecule has 0 unspecified atom stereocenters. The van der Waals surface area contributed by atoms with Gasteiger partial charge in [-0.3, -0.25) is 9.59 Å². The zero-order chi connectivity index (χ0) is 20.7. The summed E-state index contributed by atoms with van der Waals surface area (Å²) in [4.78, 5) is 26.2. The van der Waals surface area contributed by atoms with Crippen LogP contribution in [0.1, 0.15) is 39.5 Å². The van der Waals surface area contributed by atoms with E-state index >= 15 is 0 Å². The molecular weight excluding hydrogens is 380 g/mol. The predicted octanol–water partition coefficient (Wildman–Crippen LogP) is 2.01. The van der Waals surface area contributed by atoms with Crippen molar-refractivity contribution in [3.05, 3.63) is 24.3 Å². The first-order chi connectivity index (χ1) is 13.2. The Morgan fingerprint density at radius 2 is 1.79 bits per heavy atom. The molecule has 1 aromatic carbocycles. The first kappa shape index (κ1) is 22.2. The maximum atomic E-state index is 12.1. The number of hydrogen-bond donors (Lipinski definition) is 1. The van der Waals surface area contributed by atoms with Gasteiger partial charge in [0.05, 0.1) is 11.5 Å². The van der Waals surface area contributed by atoms with Crippen LogP contribution in [0.5, 0.6) is 5.75 Å². The van der Waals surface area contributed by atoms with E-state index in [-0.39, 0.29) is 28.7 Å². The van der Waals surface area contributed by atoms with Gasteiger partial charge in [0.15, 0.2) is 9.84 Å². The van der Waals surface area contributed by atoms with Gasteiger partial charge in [0.2, 0.25) is 11.8 Å². The molecule has 0 radical (unpaired) electrons. The molecule has 0 atom stereocenters. The minimum atomic E-state index is -3.21. The minimum Gasteiger partial charge on any atom is -0.494 e. The lowest BCUT2D eigenvalue weighted by atomic mass is 10.0. The number of amides is 2. The molecular formula is C20H30N2O5S. The number of carbonyl (C=O) groups is 2. The summed E-state index contributed by atoms with van der Waals surface area (Å²) in [5.41, 5.74) is 0. The van der Waals surface area contributed by atoms with Gasteiger partial charge in [-0.15, -0.1) is 0 Å². The summed E-state index contributed by atoms with van der Waals surface area (Å²) in [6.07, 6.45) is 3.67. The maximum Gasteiger partial charge on any atom is 0.225 e. The largest absolute Gasteiger partial charge is 0.494 e. The monoisotopic (exact) mass is 410 g/mol. The first-order valence-corrected chi connectivity index (χ1v) is 11.6. The smallest absolute Gasteiger partial charge is 0.225 e. The molecule has 2 rings (SSSR count). The van der Waals surface area contributed by atoms with Crippen molar-refractivity contribution in [1.29, 1.82) is 0 Å². The normalized spacial score (nSPS) is 15.5. The number of likely N-dealkylation sites (tertiary alicyclic amines) is 1. The van der Waals surface area contributed by atoms with Gasteiger partial charge in [-0.2, -0.15) is 0 Å². The van der Waals surface area contributed by atoms with Crippen molar-refractivity contribution in [3.63, 3.8) is 0 Å². The molecule has 0 saturated carbocycles. The molecule has 7 nitrogen and oxygen atoms in total. The quantitative estimate of drug-likeness (QED) is 0.662. The summed E-state index contributed by atoms with van der Waals surface area (Å²) >= 11 is 0. The SMILES string of the molecule is CC(C)C(=O)N1CCC(NC(=O)CCCOc2ccc(S(C)(=O)=O)cc2)CC1. The van der Waals surface area contributed by atoms with Gasteiger partial charge >= 0.3 is 0 Å². The standard InChI is InChI=1S/C20H30N2O5S/c1-15(2)20(24)22-12-10-16(11-13-22)21-19(23)5-4-14-27-17-6-8-18(9-7-17)28(3,25)26/h6-9,15-16H,4-5,10-14H2,1-3H3,(H,21,23). The first-order valence-electron chi connectivity index (χ1n) is 9.68. The Hall–Kier alpha value is -2.09. The van der Waals surface area contributed by atoms with Gasteiger partial charge in [-0.1, -0.05) is 13.8 Å². The van der Waals surface area contributed by atoms with Crippen LogP contribution in [0.3, 0.4) is 0 Å². The lowest BCUT2D eigenvalue weighted by Gasteiger charge is -2.33. The van der Waals surface area contributed by atoms with Crippen molar-refractivity contribution in [2.75, 3.05) is 26.0 Å². The van der Waals surface area contributed by atoms with Crippen LogP contribution in [-0.4, -0.2) is 57.1 Å². The van der Waals surface area contributed by atoms with Crippen LogP contribution in [0.2, 0.25) is 0 Å². The highest BCUT2D eigenvalue weighted by molar-refractivity contribution is 7.90. The van der Waals surface area contributed by atoms with Crippen molar-refractivity contribution >= 4 is 21.7 Å². The number of nitrogens with zero attached hydrogens (tertiary/aromatic N) is 1. The lowest BCUT2D eigenvalue weighted by molar-refractivity contribution is -0.135. The number of rotatable bonds is 8. The number of carbonyl (C=O) groups excluding carboxylic acids is 2. The molecule has 1 aliphatic heterocycles. The van der Waals surface area contributed by atoms with Gasteiger partial charge in [0.1, 0.15) is 5.75 Å². The molecule has 0 aromatic heterocycles. The van der Waals surface area contributed by atoms with E-state index < -0.39 is 9.84 Å². The minimum absolute atomic E-state index is 0.00807. The summed E-state index contributed by atoms with van der Waals surface area (Å²) in [5, 5.41) is 3.03. The lowest BCUT2D eigenvalue weighted by Crippen LogP contribution is -2.47. The zero-order valence-corrected chi connectivity index (χ0v) is 17.6. The second-order valence-electron chi connectivity index (χ2n) is 7.52. The van der Waals surface area contributed by atoms with Gasteiger partial charge in [-0.05, 0) is 43.5 Å². The van der Waals surface area contributed by atoms with Crippen LogP contribution in [0, 0.1) is 5.92 Å². The predicted molar refractivity (Wildman–Crippen MR) is 107 cm³/mol. The van der Waals surface area contributed by atoms with E-state index in [1.807, 2.05) is 18.7 Å². The summed E-state index contributed by atoms with van der Waals surface area (Å²) in [7, 11) is -3.21. The Bertz CT molecular complexity index is 766. The highest BCUT2D eigenvalue weighted by Crippen LogP contribution is 2.16. The second-order valence-corrected chi connectivity index (χ2v) is 9.53. The molecule has 0 aliphatic carbocycles. The fourth-order valence-corrected chi connectivity index (χ4v) is 3.75. The highest BCUT2D eigenvalue weighted by Gasteiger charge is 2.24. The third-order valence-electron chi connectivity index (χ3n) is 4.73. The van der Waals surface area contributed by atoms with Gasteiger partial charge in [-0.25, -0.2) is 8.42 Å². The molecule has 1 fully saturated rings. The van der Waals surface area contributed by atoms with E-state index in [0.29, 0.717) is 38.3 Å². The Morgan fingerprint density at radius 3 is 2.32 bits per heavy atom. The summed E-state index contributed by atoms with van der Waals surface area (Å²) in [6.45, 7) is 5.56. The number of hydrogen-bond acceptors (Lipinski definition) is 5. The Morgan fingerprint density at radius 1 is 1.18 bits per heavy atom. The Labute approximate surface area is 167 Å². The summed E-state index contributed by atoms with van der Waals surface area (Å²) < 4.78 is 28.4. The highest BCUT2D eigenvalue weighted by atomic mass is 32.2. The fourth-order valence-electron chi connectivity index (χ4n) is 3.12. The van der Waals surface area contributed by atoms with Crippen LogP contribution < -0.4 is 10.1 Å². The second kappa shape index (κ2) is 9.91. The number of sulfone groups is 1. The van der Waals surface area contributed by atoms with Crippen molar-refractivity contribution < 1.29 is 22.7 Å². The van der Waals surface area contributed by atoms with Crippen molar-refractivity contribution in [2.45, 2.75) is 50.5 Å². The number of piperidine rings is 1. The maximum absolute atomic E-state index is 12.1. The molecule has 1 saturated heterocycles. The molecule has 8 heteroatoms. The Balaban J connectivity index is 1.64. The topological polar surface area (TPSA) is 92.8 Å². The van der Waals surface area contributed by atoms with Gasteiger partial charge in [0.25, 0.3) is 0 Å². The number of benzene rings is 1. The van der Waals surface area contributed by atoms with E-state index in [2.05, 4.69) is 5.32 Å². The third kappa shape index (κ3) is 6.82. The summed E-state index contributed by atoms with van der Waals surface area (Å²) in [5.74, 6) is 0.750. The molecule has 28 heavy (non-hydrogen) atoms. The van der Waals surface area contributed by atoms with Gasteiger partial charge < -0.3 is 15.0 Å². The van der Waals surface area contributed by atoms with E-state index in [1.165, 1.54) is 12.1 Å². The molecule has 1 heterocycles. The average molecular weight is 411 g/mol. The Kier molecular flexibility index (Phi) is 7.86. The summed E-state index contributed by atoms with van der Waals surface area (Å²) in [6, 6.07) is 6.36. The van der Waals surface area contributed by atoms with Crippen LogP contribution in [0.4, 0.5) is 0 Å². The molecule has 2 amide bonds. The number of nitrogens with one attached hydrogen (secondary N) is 1. The third-order valence-corrected chi connectivity index (χ3v) is 5.86. The van der Waals surface area contributed by atoms with Crippen molar-refractivity contribution in [2.24, 2.45) is 5.92 Å². The molecule has 156 valence electrons. The number of ether oxygens (including phenoxy) is 1. The molecule has 0 spiro atoms. The van der Waals surface area contributed by atoms with Crippen LogP contribution in [0.25, 0.3) is 0 Å². The van der Waals surface area contributed by atoms with E-state index in [1.54, 1.807) is 12.1 Å². The molecule has 0 bridgehead atoms. The van der Waals surface area contributed by atoms with E-state index in [4.69, 9.17) is 4.74 Å². The van der Waals surface area contributed by atoms with Crippen molar-refractivity contribution in [1.82, 2.24) is 10.2 Å².